The lowest BCUT2D eigenvalue weighted by Crippen LogP contribution is -2.25. The van der Waals surface area contributed by atoms with Crippen LogP contribution in [-0.2, 0) is 0 Å². The van der Waals surface area contributed by atoms with Crippen molar-refractivity contribution in [3.05, 3.63) is 30.0 Å². The van der Waals surface area contributed by atoms with E-state index in [0.717, 1.165) is 23.1 Å². The topological polar surface area (TPSA) is 54.8 Å². The van der Waals surface area contributed by atoms with Crippen LogP contribution in [0.2, 0.25) is 0 Å². The van der Waals surface area contributed by atoms with E-state index < -0.39 is 0 Å². The van der Waals surface area contributed by atoms with Crippen molar-refractivity contribution in [2.45, 2.75) is 23.8 Å². The highest BCUT2D eigenvalue weighted by Gasteiger charge is 2.38. The lowest BCUT2D eigenvalue weighted by atomic mass is 9.89. The van der Waals surface area contributed by atoms with E-state index in [9.17, 15) is 0 Å². The quantitative estimate of drug-likeness (QED) is 0.629. The molecule has 4 heterocycles. The average Bonchev–Trinajstić information content (AvgIpc) is 3.16. The summed E-state index contributed by atoms with van der Waals surface area (Å²) in [5, 5.41) is 1.08. The minimum absolute atomic E-state index is 0.564. The fourth-order valence-electron chi connectivity index (χ4n) is 3.44. The second-order valence-corrected chi connectivity index (χ2v) is 7.43. The number of fused-ring (bicyclic) bond motifs is 2. The fraction of sp³-hybridized carbons (Fsp3) is 0.500. The van der Waals surface area contributed by atoms with E-state index in [0.29, 0.717) is 11.7 Å². The van der Waals surface area contributed by atoms with Crippen LogP contribution in [0, 0.1) is 17.8 Å². The zero-order valence-corrected chi connectivity index (χ0v) is 14.3. The van der Waals surface area contributed by atoms with Gasteiger partial charge in [-0.2, -0.15) is 8.75 Å². The molecule has 2 aliphatic heterocycles. The summed E-state index contributed by atoms with van der Waals surface area (Å²) in [5.74, 6) is 8.29. The molecule has 0 amide bonds. The zero-order chi connectivity index (χ0) is 15.5. The SMILES string of the molecule is C(#Cc1cncnc1)CSc1nsnc1[C@H]1CN2CCC[C@H]1C2. The van der Waals surface area contributed by atoms with Gasteiger partial charge >= 0.3 is 0 Å². The van der Waals surface area contributed by atoms with Crippen LogP contribution in [0.5, 0.6) is 0 Å². The van der Waals surface area contributed by atoms with Gasteiger partial charge in [0.1, 0.15) is 11.4 Å². The highest BCUT2D eigenvalue weighted by molar-refractivity contribution is 7.99. The zero-order valence-electron chi connectivity index (χ0n) is 12.7. The summed E-state index contributed by atoms with van der Waals surface area (Å²) in [5.41, 5.74) is 2.06. The van der Waals surface area contributed by atoms with Crippen LogP contribution >= 0.6 is 23.5 Å². The molecule has 5 nitrogen and oxygen atoms in total. The van der Waals surface area contributed by atoms with Crippen LogP contribution in [-0.4, -0.2) is 49.0 Å². The number of rotatable bonds is 3. The Hall–Kier alpha value is -1.49. The molecule has 0 radical (unpaired) electrons. The minimum atomic E-state index is 0.564. The van der Waals surface area contributed by atoms with E-state index in [1.165, 1.54) is 49.7 Å². The van der Waals surface area contributed by atoms with Crippen LogP contribution in [0.25, 0.3) is 0 Å². The molecule has 2 aromatic heterocycles. The summed E-state index contributed by atoms with van der Waals surface area (Å²) in [6.07, 6.45) is 7.63. The Labute approximate surface area is 144 Å². The second-order valence-electron chi connectivity index (χ2n) is 5.94. The van der Waals surface area contributed by atoms with Gasteiger partial charge in [0.15, 0.2) is 0 Å². The van der Waals surface area contributed by atoms with E-state index in [1.54, 1.807) is 24.2 Å². The molecule has 2 aromatic rings. The van der Waals surface area contributed by atoms with Crippen LogP contribution in [0.3, 0.4) is 0 Å². The predicted octanol–water partition coefficient (Wildman–Crippen LogP) is 2.28. The highest BCUT2D eigenvalue weighted by Crippen LogP contribution is 2.41. The van der Waals surface area contributed by atoms with Gasteiger partial charge in [-0.25, -0.2) is 9.97 Å². The average molecular weight is 343 g/mol. The Bertz CT molecular complexity index is 721. The molecule has 118 valence electrons. The normalized spacial score (nSPS) is 25.8. The molecule has 0 aliphatic carbocycles. The molecule has 0 N–H and O–H groups in total. The smallest absolute Gasteiger partial charge is 0.134 e. The van der Waals surface area contributed by atoms with Gasteiger partial charge in [0.05, 0.1) is 28.7 Å². The lowest BCUT2D eigenvalue weighted by Gasteiger charge is -2.21. The number of aromatic nitrogens is 4. The van der Waals surface area contributed by atoms with Crippen molar-refractivity contribution < 1.29 is 0 Å². The lowest BCUT2D eigenvalue weighted by molar-refractivity contribution is 0.269. The molecule has 0 aromatic carbocycles. The molecule has 0 saturated carbocycles. The standard InChI is InChI=1S/C16H17N5S2/c1-4-13-9-21(5-1)10-14(13)15-16(20-23-19-15)22-6-2-3-12-7-17-11-18-8-12/h7-8,11,13-14H,1,4-6,9-10H2/t13-,14-/m0/s1. The van der Waals surface area contributed by atoms with Crippen molar-refractivity contribution in [2.75, 3.05) is 25.4 Å². The maximum atomic E-state index is 4.61. The van der Waals surface area contributed by atoms with E-state index >= 15 is 0 Å². The van der Waals surface area contributed by atoms with Gasteiger partial charge in [-0.3, -0.25) is 0 Å². The molecule has 2 bridgehead atoms. The monoisotopic (exact) mass is 343 g/mol. The highest BCUT2D eigenvalue weighted by atomic mass is 32.2. The summed E-state index contributed by atoms with van der Waals surface area (Å²) >= 11 is 3.03. The van der Waals surface area contributed by atoms with Crippen molar-refractivity contribution >= 4 is 23.5 Å². The van der Waals surface area contributed by atoms with E-state index in [4.69, 9.17) is 0 Å². The Kier molecular flexibility index (Phi) is 4.55. The van der Waals surface area contributed by atoms with Crippen LogP contribution in [0.15, 0.2) is 23.7 Å². The van der Waals surface area contributed by atoms with Crippen molar-refractivity contribution in [1.82, 2.24) is 23.6 Å². The number of piperidine rings is 1. The van der Waals surface area contributed by atoms with Crippen molar-refractivity contribution in [3.8, 4) is 11.8 Å². The molecule has 2 fully saturated rings. The summed E-state index contributed by atoms with van der Waals surface area (Å²) in [7, 11) is 0. The van der Waals surface area contributed by atoms with Gasteiger partial charge in [0, 0.05) is 31.4 Å². The van der Waals surface area contributed by atoms with Gasteiger partial charge in [-0.1, -0.05) is 23.6 Å². The molecular formula is C16H17N5S2. The first kappa shape index (κ1) is 15.1. The first-order chi connectivity index (χ1) is 11.4. The van der Waals surface area contributed by atoms with Crippen LogP contribution in [0.4, 0.5) is 0 Å². The van der Waals surface area contributed by atoms with E-state index in [1.807, 2.05) is 0 Å². The summed E-state index contributed by atoms with van der Waals surface area (Å²) in [6.45, 7) is 3.63. The van der Waals surface area contributed by atoms with E-state index in [2.05, 4.69) is 35.5 Å². The largest absolute Gasteiger partial charge is 0.302 e. The van der Waals surface area contributed by atoms with Crippen molar-refractivity contribution in [2.24, 2.45) is 5.92 Å². The van der Waals surface area contributed by atoms with Gasteiger partial charge in [-0.15, -0.1) is 0 Å². The summed E-state index contributed by atoms with van der Waals surface area (Å²) in [6, 6.07) is 0. The van der Waals surface area contributed by atoms with Crippen molar-refractivity contribution in [3.63, 3.8) is 0 Å². The number of hydrogen-bond donors (Lipinski definition) is 0. The molecule has 2 aliphatic rings. The third kappa shape index (κ3) is 3.39. The van der Waals surface area contributed by atoms with Crippen LogP contribution in [0.1, 0.15) is 30.0 Å². The maximum absolute atomic E-state index is 4.61. The van der Waals surface area contributed by atoms with E-state index in [-0.39, 0.29) is 0 Å². The van der Waals surface area contributed by atoms with Gasteiger partial charge in [-0.05, 0) is 25.3 Å². The Balaban J connectivity index is 1.41. The maximum Gasteiger partial charge on any atom is 0.134 e. The van der Waals surface area contributed by atoms with Gasteiger partial charge in [0.2, 0.25) is 0 Å². The predicted molar refractivity (Wildman–Crippen MR) is 91.4 cm³/mol. The molecular weight excluding hydrogens is 326 g/mol. The summed E-state index contributed by atoms with van der Waals surface area (Å²) in [4.78, 5) is 10.5. The number of thioether (sulfide) groups is 1. The molecule has 4 rings (SSSR count). The molecule has 2 saturated heterocycles. The first-order valence-electron chi connectivity index (χ1n) is 7.81. The fourth-order valence-corrected chi connectivity index (χ4v) is 4.96. The Morgan fingerprint density at radius 2 is 2.17 bits per heavy atom. The first-order valence-corrected chi connectivity index (χ1v) is 9.53. The molecule has 3 atom stereocenters. The Morgan fingerprint density at radius 1 is 1.26 bits per heavy atom. The molecule has 23 heavy (non-hydrogen) atoms. The number of nitrogens with zero attached hydrogens (tertiary/aromatic N) is 5. The third-order valence-corrected chi connectivity index (χ3v) is 5.99. The molecule has 7 heteroatoms. The Morgan fingerprint density at radius 3 is 3.04 bits per heavy atom. The summed E-state index contributed by atoms with van der Waals surface area (Å²) < 4.78 is 9.11. The minimum Gasteiger partial charge on any atom is -0.302 e. The van der Waals surface area contributed by atoms with Crippen LogP contribution < -0.4 is 0 Å². The van der Waals surface area contributed by atoms with Crippen molar-refractivity contribution in [1.29, 1.82) is 0 Å². The molecule has 0 spiro atoms. The second kappa shape index (κ2) is 6.95. The number of hydrogen-bond acceptors (Lipinski definition) is 7. The van der Waals surface area contributed by atoms with Gasteiger partial charge in [0.25, 0.3) is 0 Å². The third-order valence-electron chi connectivity index (χ3n) is 4.47. The van der Waals surface area contributed by atoms with Gasteiger partial charge < -0.3 is 4.90 Å². The molecule has 1 unspecified atom stereocenters.